The van der Waals surface area contributed by atoms with Gasteiger partial charge in [-0.05, 0) is 35.0 Å². The average molecular weight is 343 g/mol. The highest BCUT2D eigenvalue weighted by atomic mass is 79.9. The standard InChI is InChI=1S/C12H12BrFN4S/c1-6-5-9(18(2)17-6)16-8-4-3-7(12(15)19)10(13)11(8)14/h3-5,16H,1-2H3,(H2,15,19). The van der Waals surface area contributed by atoms with Crippen LogP contribution in [0.15, 0.2) is 22.7 Å². The minimum atomic E-state index is -0.441. The fourth-order valence-corrected chi connectivity index (χ4v) is 2.56. The van der Waals surface area contributed by atoms with Gasteiger partial charge in [-0.2, -0.15) is 5.10 Å². The van der Waals surface area contributed by atoms with Crippen molar-refractivity contribution >= 4 is 44.6 Å². The van der Waals surface area contributed by atoms with Gasteiger partial charge in [0.15, 0.2) is 5.82 Å². The lowest BCUT2D eigenvalue weighted by Gasteiger charge is -2.11. The van der Waals surface area contributed by atoms with Crippen molar-refractivity contribution in [3.8, 4) is 0 Å². The normalized spacial score (nSPS) is 10.5. The topological polar surface area (TPSA) is 55.9 Å². The molecular formula is C12H12BrFN4S. The van der Waals surface area contributed by atoms with Crippen molar-refractivity contribution in [1.29, 1.82) is 0 Å². The molecule has 0 aliphatic carbocycles. The summed E-state index contributed by atoms with van der Waals surface area (Å²) in [5.74, 6) is 0.260. The molecule has 19 heavy (non-hydrogen) atoms. The second kappa shape index (κ2) is 5.26. The van der Waals surface area contributed by atoms with Crippen LogP contribution in [0.2, 0.25) is 0 Å². The lowest BCUT2D eigenvalue weighted by molar-refractivity contribution is 0.624. The Hall–Kier alpha value is -1.47. The quantitative estimate of drug-likeness (QED) is 0.842. The molecule has 0 saturated heterocycles. The van der Waals surface area contributed by atoms with Crippen LogP contribution in [0, 0.1) is 12.7 Å². The number of hydrogen-bond donors (Lipinski definition) is 2. The van der Waals surface area contributed by atoms with Crippen LogP contribution in [-0.2, 0) is 7.05 Å². The third-order valence-electron chi connectivity index (χ3n) is 2.61. The maximum Gasteiger partial charge on any atom is 0.161 e. The molecule has 0 bridgehead atoms. The van der Waals surface area contributed by atoms with Gasteiger partial charge < -0.3 is 11.1 Å². The molecule has 0 unspecified atom stereocenters. The van der Waals surface area contributed by atoms with E-state index in [0.717, 1.165) is 5.69 Å². The predicted molar refractivity (Wildman–Crippen MR) is 81.2 cm³/mol. The molecule has 0 spiro atoms. The molecule has 2 aromatic rings. The summed E-state index contributed by atoms with van der Waals surface area (Å²) in [4.78, 5) is 0.147. The van der Waals surface area contributed by atoms with E-state index in [9.17, 15) is 4.39 Å². The molecule has 100 valence electrons. The summed E-state index contributed by atoms with van der Waals surface area (Å²) in [6.45, 7) is 1.87. The van der Waals surface area contributed by atoms with Gasteiger partial charge in [0.05, 0.1) is 15.9 Å². The average Bonchev–Trinajstić information content (AvgIpc) is 2.63. The van der Waals surface area contributed by atoms with E-state index in [1.165, 1.54) is 0 Å². The third kappa shape index (κ3) is 2.76. The Morgan fingerprint density at radius 2 is 2.21 bits per heavy atom. The van der Waals surface area contributed by atoms with Crippen molar-refractivity contribution < 1.29 is 4.39 Å². The van der Waals surface area contributed by atoms with Crippen LogP contribution in [0.1, 0.15) is 11.3 Å². The van der Waals surface area contributed by atoms with E-state index in [0.29, 0.717) is 17.1 Å². The highest BCUT2D eigenvalue weighted by molar-refractivity contribution is 9.10. The van der Waals surface area contributed by atoms with E-state index >= 15 is 0 Å². The second-order valence-electron chi connectivity index (χ2n) is 4.07. The summed E-state index contributed by atoms with van der Waals surface area (Å²) in [5, 5.41) is 7.16. The molecule has 0 aliphatic rings. The molecule has 0 fully saturated rings. The number of rotatable bonds is 3. The Bertz CT molecular complexity index is 653. The highest BCUT2D eigenvalue weighted by Crippen LogP contribution is 2.29. The van der Waals surface area contributed by atoms with Crippen LogP contribution in [0.3, 0.4) is 0 Å². The zero-order chi connectivity index (χ0) is 14.2. The molecular weight excluding hydrogens is 331 g/mol. The zero-order valence-electron chi connectivity index (χ0n) is 10.4. The van der Waals surface area contributed by atoms with Crippen molar-refractivity contribution in [1.82, 2.24) is 9.78 Å². The largest absolute Gasteiger partial charge is 0.389 e. The van der Waals surface area contributed by atoms with Crippen LogP contribution in [0.5, 0.6) is 0 Å². The zero-order valence-corrected chi connectivity index (χ0v) is 12.8. The van der Waals surface area contributed by atoms with Gasteiger partial charge in [-0.15, -0.1) is 0 Å². The van der Waals surface area contributed by atoms with E-state index in [1.807, 2.05) is 13.0 Å². The number of halogens is 2. The molecule has 1 aromatic heterocycles. The van der Waals surface area contributed by atoms with E-state index < -0.39 is 5.82 Å². The molecule has 0 saturated carbocycles. The number of thiocarbonyl (C=S) groups is 1. The summed E-state index contributed by atoms with van der Waals surface area (Å²) < 4.78 is 16.1. The summed E-state index contributed by atoms with van der Waals surface area (Å²) in [6.07, 6.45) is 0. The minimum absolute atomic E-state index is 0.147. The fourth-order valence-electron chi connectivity index (χ4n) is 1.70. The molecule has 0 amide bonds. The Kier molecular flexibility index (Phi) is 3.86. The highest BCUT2D eigenvalue weighted by Gasteiger charge is 2.14. The van der Waals surface area contributed by atoms with Gasteiger partial charge in [-0.25, -0.2) is 4.39 Å². The number of anilines is 2. The van der Waals surface area contributed by atoms with Gasteiger partial charge in [0.1, 0.15) is 10.8 Å². The van der Waals surface area contributed by atoms with Crippen LogP contribution in [0.4, 0.5) is 15.9 Å². The Labute approximate surface area is 123 Å². The lowest BCUT2D eigenvalue weighted by Crippen LogP contribution is -2.11. The molecule has 3 N–H and O–H groups in total. The molecule has 0 atom stereocenters. The molecule has 0 aliphatic heterocycles. The molecule has 7 heteroatoms. The van der Waals surface area contributed by atoms with Gasteiger partial charge in [0.2, 0.25) is 0 Å². The maximum atomic E-state index is 14.2. The van der Waals surface area contributed by atoms with Crippen molar-refractivity contribution in [2.24, 2.45) is 12.8 Å². The predicted octanol–water partition coefficient (Wildman–Crippen LogP) is 3.01. The van der Waals surface area contributed by atoms with Crippen molar-refractivity contribution in [3.63, 3.8) is 0 Å². The number of nitrogens with one attached hydrogen (secondary N) is 1. The minimum Gasteiger partial charge on any atom is -0.389 e. The first-order valence-corrected chi connectivity index (χ1v) is 6.65. The number of hydrogen-bond acceptors (Lipinski definition) is 3. The molecule has 4 nitrogen and oxygen atoms in total. The van der Waals surface area contributed by atoms with Crippen LogP contribution < -0.4 is 11.1 Å². The van der Waals surface area contributed by atoms with E-state index in [2.05, 4.69) is 26.3 Å². The third-order valence-corrected chi connectivity index (χ3v) is 3.61. The second-order valence-corrected chi connectivity index (χ2v) is 5.31. The molecule has 2 rings (SSSR count). The fraction of sp³-hybridized carbons (Fsp3) is 0.167. The molecule has 0 radical (unpaired) electrons. The van der Waals surface area contributed by atoms with E-state index in [-0.39, 0.29) is 9.46 Å². The van der Waals surface area contributed by atoms with Gasteiger partial charge in [-0.1, -0.05) is 12.2 Å². The molecule has 1 aromatic carbocycles. The lowest BCUT2D eigenvalue weighted by atomic mass is 10.2. The van der Waals surface area contributed by atoms with E-state index in [4.69, 9.17) is 18.0 Å². The Morgan fingerprint density at radius 3 is 2.74 bits per heavy atom. The van der Waals surface area contributed by atoms with E-state index in [1.54, 1.807) is 23.9 Å². The first kappa shape index (κ1) is 14.0. The van der Waals surface area contributed by atoms with Gasteiger partial charge >= 0.3 is 0 Å². The summed E-state index contributed by atoms with van der Waals surface area (Å²) in [7, 11) is 1.78. The SMILES string of the molecule is Cc1cc(Nc2ccc(C(N)=S)c(Br)c2F)n(C)n1. The van der Waals surface area contributed by atoms with Crippen molar-refractivity contribution in [2.75, 3.05) is 5.32 Å². The number of nitrogens with two attached hydrogens (primary N) is 1. The van der Waals surface area contributed by atoms with Crippen molar-refractivity contribution in [2.45, 2.75) is 6.92 Å². The first-order chi connectivity index (χ1) is 8.90. The van der Waals surface area contributed by atoms with Crippen LogP contribution in [-0.4, -0.2) is 14.8 Å². The number of nitrogens with zero attached hydrogens (tertiary/aromatic N) is 2. The van der Waals surface area contributed by atoms with Gasteiger partial charge in [-0.3, -0.25) is 4.68 Å². The smallest absolute Gasteiger partial charge is 0.161 e. The maximum absolute atomic E-state index is 14.2. The van der Waals surface area contributed by atoms with Crippen LogP contribution in [0.25, 0.3) is 0 Å². The number of aromatic nitrogens is 2. The summed E-state index contributed by atoms with van der Waals surface area (Å²) in [6, 6.07) is 5.09. The number of benzene rings is 1. The van der Waals surface area contributed by atoms with Gasteiger partial charge in [0.25, 0.3) is 0 Å². The summed E-state index contributed by atoms with van der Waals surface area (Å²) >= 11 is 8.02. The molecule has 1 heterocycles. The number of aryl methyl sites for hydroxylation is 2. The van der Waals surface area contributed by atoms with Crippen LogP contribution >= 0.6 is 28.1 Å². The monoisotopic (exact) mass is 342 g/mol. The van der Waals surface area contributed by atoms with Crippen molar-refractivity contribution in [3.05, 3.63) is 39.7 Å². The Balaban J connectivity index is 2.39. The first-order valence-electron chi connectivity index (χ1n) is 5.45. The van der Waals surface area contributed by atoms with Gasteiger partial charge in [0, 0.05) is 18.7 Å². The Morgan fingerprint density at radius 1 is 1.53 bits per heavy atom. The summed E-state index contributed by atoms with van der Waals surface area (Å²) in [5.41, 5.74) is 7.17.